The molecule has 4 nitrogen and oxygen atoms in total. The number of fused-ring (bicyclic) bond motifs is 2. The first-order chi connectivity index (χ1) is 9.13. The molecule has 1 aromatic rings. The van der Waals surface area contributed by atoms with Gasteiger partial charge in [-0.3, -0.25) is 4.79 Å². The van der Waals surface area contributed by atoms with Gasteiger partial charge in [0.05, 0.1) is 0 Å². The Morgan fingerprint density at radius 3 is 2.89 bits per heavy atom. The van der Waals surface area contributed by atoms with Gasteiger partial charge in [0.1, 0.15) is 6.04 Å². The highest BCUT2D eigenvalue weighted by Gasteiger charge is 2.52. The number of rotatable bonds is 1. The monoisotopic (exact) mass is 259 g/mol. The first-order valence-corrected chi connectivity index (χ1v) is 6.74. The molecule has 2 N–H and O–H groups in total. The quantitative estimate of drug-likeness (QED) is 0.805. The van der Waals surface area contributed by atoms with Crippen molar-refractivity contribution in [3.05, 3.63) is 35.4 Å². The van der Waals surface area contributed by atoms with Gasteiger partial charge in [-0.1, -0.05) is 30.7 Å². The van der Waals surface area contributed by atoms with Crippen LogP contribution in [0.1, 0.15) is 36.8 Å². The van der Waals surface area contributed by atoms with Crippen LogP contribution in [0.5, 0.6) is 0 Å². The first kappa shape index (κ1) is 12.2. The zero-order valence-corrected chi connectivity index (χ0v) is 10.7. The fourth-order valence-corrected chi connectivity index (χ4v) is 3.63. The molecule has 1 saturated heterocycles. The SMILES string of the molecule is O=C1CC2(CCCCc3ccccc32)C(C(=O)O)N1. The number of nitrogens with one attached hydrogen (secondary N) is 1. The fourth-order valence-electron chi connectivity index (χ4n) is 3.63. The van der Waals surface area contributed by atoms with Gasteiger partial charge in [0.15, 0.2) is 0 Å². The predicted octanol–water partition coefficient (Wildman–Crippen LogP) is 1.62. The van der Waals surface area contributed by atoms with Crippen molar-refractivity contribution in [1.29, 1.82) is 0 Å². The maximum Gasteiger partial charge on any atom is 0.327 e. The van der Waals surface area contributed by atoms with Gasteiger partial charge < -0.3 is 10.4 Å². The lowest BCUT2D eigenvalue weighted by Gasteiger charge is -2.32. The van der Waals surface area contributed by atoms with Crippen LogP contribution >= 0.6 is 0 Å². The molecule has 100 valence electrons. The second-order valence-corrected chi connectivity index (χ2v) is 5.54. The van der Waals surface area contributed by atoms with E-state index in [9.17, 15) is 14.7 Å². The zero-order valence-electron chi connectivity index (χ0n) is 10.7. The second kappa shape index (κ2) is 4.37. The van der Waals surface area contributed by atoms with E-state index in [1.165, 1.54) is 5.56 Å². The van der Waals surface area contributed by atoms with Crippen molar-refractivity contribution >= 4 is 11.9 Å². The summed E-state index contributed by atoms with van der Waals surface area (Å²) in [4.78, 5) is 23.3. The minimum absolute atomic E-state index is 0.149. The fraction of sp³-hybridized carbons (Fsp3) is 0.467. The van der Waals surface area contributed by atoms with Gasteiger partial charge in [0, 0.05) is 11.8 Å². The lowest BCUT2D eigenvalue weighted by Crippen LogP contribution is -2.46. The van der Waals surface area contributed by atoms with Crippen LogP contribution in [0.3, 0.4) is 0 Å². The van der Waals surface area contributed by atoms with Gasteiger partial charge in [-0.25, -0.2) is 4.79 Å². The van der Waals surface area contributed by atoms with E-state index < -0.39 is 17.4 Å². The number of carbonyl (C=O) groups is 2. The molecule has 2 atom stereocenters. The summed E-state index contributed by atoms with van der Waals surface area (Å²) in [6.07, 6.45) is 4.05. The van der Waals surface area contributed by atoms with Gasteiger partial charge >= 0.3 is 5.97 Å². The minimum Gasteiger partial charge on any atom is -0.480 e. The molecule has 1 aliphatic carbocycles. The molecular weight excluding hydrogens is 242 g/mol. The summed E-state index contributed by atoms with van der Waals surface area (Å²) < 4.78 is 0. The van der Waals surface area contributed by atoms with Crippen molar-refractivity contribution in [1.82, 2.24) is 5.32 Å². The average molecular weight is 259 g/mol. The number of aliphatic carboxylic acids is 1. The van der Waals surface area contributed by atoms with Crippen LogP contribution in [-0.4, -0.2) is 23.0 Å². The van der Waals surface area contributed by atoms with Crippen LogP contribution in [0, 0.1) is 0 Å². The van der Waals surface area contributed by atoms with Gasteiger partial charge in [-0.15, -0.1) is 0 Å². The number of carboxylic acid groups (broad SMARTS) is 1. The number of amides is 1. The van der Waals surface area contributed by atoms with Crippen molar-refractivity contribution in [3.8, 4) is 0 Å². The van der Waals surface area contributed by atoms with E-state index in [0.717, 1.165) is 31.2 Å². The van der Waals surface area contributed by atoms with Crippen LogP contribution in [0.2, 0.25) is 0 Å². The molecule has 0 radical (unpaired) electrons. The van der Waals surface area contributed by atoms with Crippen molar-refractivity contribution in [3.63, 3.8) is 0 Å². The Balaban J connectivity index is 2.16. The molecule has 1 aromatic carbocycles. The molecule has 3 rings (SSSR count). The van der Waals surface area contributed by atoms with Crippen molar-refractivity contribution in [2.75, 3.05) is 0 Å². The summed E-state index contributed by atoms with van der Waals surface area (Å²) in [7, 11) is 0. The summed E-state index contributed by atoms with van der Waals surface area (Å²) in [5.74, 6) is -1.08. The Morgan fingerprint density at radius 1 is 1.32 bits per heavy atom. The maximum atomic E-state index is 11.8. The molecule has 0 aromatic heterocycles. The third-order valence-corrected chi connectivity index (χ3v) is 4.45. The van der Waals surface area contributed by atoms with Crippen molar-refractivity contribution in [2.45, 2.75) is 43.6 Å². The van der Waals surface area contributed by atoms with Gasteiger partial charge in [-0.05, 0) is 30.4 Å². The second-order valence-electron chi connectivity index (χ2n) is 5.54. The van der Waals surface area contributed by atoms with Crippen LogP contribution in [0.15, 0.2) is 24.3 Å². The van der Waals surface area contributed by atoms with Crippen molar-refractivity contribution < 1.29 is 14.7 Å². The molecular formula is C15H17NO3. The molecule has 0 bridgehead atoms. The summed E-state index contributed by atoms with van der Waals surface area (Å²) in [5, 5.41) is 12.1. The lowest BCUT2D eigenvalue weighted by molar-refractivity contribution is -0.141. The van der Waals surface area contributed by atoms with E-state index in [2.05, 4.69) is 11.4 Å². The van der Waals surface area contributed by atoms with Gasteiger partial charge in [-0.2, -0.15) is 0 Å². The van der Waals surface area contributed by atoms with Crippen LogP contribution in [0.25, 0.3) is 0 Å². The standard InChI is InChI=1S/C15H17NO3/c17-12-9-15(13(16-12)14(18)19)8-4-3-6-10-5-1-2-7-11(10)15/h1-2,5,7,13H,3-4,6,8-9H2,(H,16,17)(H,18,19). The van der Waals surface area contributed by atoms with Gasteiger partial charge in [0.2, 0.25) is 5.91 Å². The maximum absolute atomic E-state index is 11.8. The molecule has 1 spiro atoms. The van der Waals surface area contributed by atoms with E-state index in [-0.39, 0.29) is 5.91 Å². The zero-order chi connectivity index (χ0) is 13.5. The minimum atomic E-state index is -0.928. The summed E-state index contributed by atoms with van der Waals surface area (Å²) >= 11 is 0. The molecule has 2 aliphatic rings. The van der Waals surface area contributed by atoms with E-state index in [0.29, 0.717) is 6.42 Å². The third kappa shape index (κ3) is 1.82. The number of benzene rings is 1. The molecule has 1 fully saturated rings. The summed E-state index contributed by atoms with van der Waals surface area (Å²) in [5.41, 5.74) is 1.69. The predicted molar refractivity (Wildman–Crippen MR) is 69.9 cm³/mol. The van der Waals surface area contributed by atoms with Crippen molar-refractivity contribution in [2.24, 2.45) is 0 Å². The molecule has 1 heterocycles. The normalized spacial score (nSPS) is 29.7. The molecule has 1 aliphatic heterocycles. The molecule has 4 heteroatoms. The van der Waals surface area contributed by atoms with E-state index in [4.69, 9.17) is 0 Å². The third-order valence-electron chi connectivity index (χ3n) is 4.45. The molecule has 2 unspecified atom stereocenters. The Morgan fingerprint density at radius 2 is 2.11 bits per heavy atom. The van der Waals surface area contributed by atoms with Gasteiger partial charge in [0.25, 0.3) is 0 Å². The van der Waals surface area contributed by atoms with E-state index >= 15 is 0 Å². The van der Waals surface area contributed by atoms with Crippen LogP contribution < -0.4 is 5.32 Å². The van der Waals surface area contributed by atoms with Crippen LogP contribution in [0.4, 0.5) is 0 Å². The lowest BCUT2D eigenvalue weighted by atomic mass is 9.70. The average Bonchev–Trinajstić information content (AvgIpc) is 2.62. The number of carboxylic acids is 1. The smallest absolute Gasteiger partial charge is 0.327 e. The number of hydrogen-bond acceptors (Lipinski definition) is 2. The molecule has 19 heavy (non-hydrogen) atoms. The molecule has 0 saturated carbocycles. The highest BCUT2D eigenvalue weighted by molar-refractivity contribution is 5.91. The highest BCUT2D eigenvalue weighted by Crippen LogP contribution is 2.44. The number of hydrogen-bond donors (Lipinski definition) is 2. The topological polar surface area (TPSA) is 66.4 Å². The highest BCUT2D eigenvalue weighted by atomic mass is 16.4. The number of carbonyl (C=O) groups excluding carboxylic acids is 1. The Labute approximate surface area is 111 Å². The molecule has 1 amide bonds. The van der Waals surface area contributed by atoms with E-state index in [1.807, 2.05) is 18.2 Å². The summed E-state index contributed by atoms with van der Waals surface area (Å²) in [6.45, 7) is 0. The Bertz CT molecular complexity index is 540. The Kier molecular flexibility index (Phi) is 2.81. The number of aryl methyl sites for hydroxylation is 1. The first-order valence-electron chi connectivity index (χ1n) is 6.74. The van der Waals surface area contributed by atoms with E-state index in [1.54, 1.807) is 0 Å². The summed E-state index contributed by atoms with van der Waals surface area (Å²) in [6, 6.07) is 7.19. The largest absolute Gasteiger partial charge is 0.480 e. The van der Waals surface area contributed by atoms with Crippen LogP contribution in [-0.2, 0) is 21.4 Å². The Hall–Kier alpha value is -1.84.